The Morgan fingerprint density at radius 3 is 3.25 bits per heavy atom. The Bertz CT molecular complexity index is 415. The first-order valence-corrected chi connectivity index (χ1v) is 5.71. The molecule has 2 fully saturated rings. The van der Waals surface area contributed by atoms with E-state index in [1.165, 1.54) is 6.26 Å². The standard InChI is InChI=1S/C11H15N3O2/c1-7-10(6-16-13-7)11(15)14-5-8-4-9(14)2-3-12-8/h6,8-9,12H,2-5H2,1H3. The molecule has 2 saturated heterocycles. The van der Waals surface area contributed by atoms with Crippen molar-refractivity contribution in [2.24, 2.45) is 0 Å². The van der Waals surface area contributed by atoms with E-state index in [0.29, 0.717) is 23.3 Å². The number of nitrogens with one attached hydrogen (secondary N) is 1. The molecular formula is C11H15N3O2. The van der Waals surface area contributed by atoms with Gasteiger partial charge in [-0.1, -0.05) is 5.16 Å². The molecule has 0 spiro atoms. The molecule has 3 heterocycles. The number of carbonyl (C=O) groups is 1. The molecule has 86 valence electrons. The minimum absolute atomic E-state index is 0.0648. The lowest BCUT2D eigenvalue weighted by molar-refractivity contribution is 0.0734. The highest BCUT2D eigenvalue weighted by molar-refractivity contribution is 5.95. The molecule has 0 aromatic carbocycles. The van der Waals surface area contributed by atoms with Gasteiger partial charge < -0.3 is 14.7 Å². The van der Waals surface area contributed by atoms with Crippen molar-refractivity contribution >= 4 is 5.91 Å². The van der Waals surface area contributed by atoms with Crippen LogP contribution in [0.15, 0.2) is 10.8 Å². The zero-order valence-electron chi connectivity index (χ0n) is 9.27. The van der Waals surface area contributed by atoms with E-state index in [1.807, 2.05) is 4.90 Å². The quantitative estimate of drug-likeness (QED) is 0.752. The first-order valence-electron chi connectivity index (χ1n) is 5.71. The first-order chi connectivity index (χ1) is 7.75. The molecule has 16 heavy (non-hydrogen) atoms. The lowest BCUT2D eigenvalue weighted by Gasteiger charge is -2.24. The molecule has 2 bridgehead atoms. The largest absolute Gasteiger partial charge is 0.364 e. The molecule has 0 radical (unpaired) electrons. The van der Waals surface area contributed by atoms with Gasteiger partial charge in [0.25, 0.3) is 5.91 Å². The van der Waals surface area contributed by atoms with Crippen molar-refractivity contribution in [1.82, 2.24) is 15.4 Å². The van der Waals surface area contributed by atoms with Crippen LogP contribution in [0.2, 0.25) is 0 Å². The number of fused-ring (bicyclic) bond motifs is 2. The summed E-state index contributed by atoms with van der Waals surface area (Å²) in [6.45, 7) is 3.63. The van der Waals surface area contributed by atoms with Gasteiger partial charge in [-0.05, 0) is 26.3 Å². The average Bonchev–Trinajstić information content (AvgIpc) is 2.82. The molecule has 3 rings (SSSR count). The second kappa shape index (κ2) is 3.59. The smallest absolute Gasteiger partial charge is 0.259 e. The van der Waals surface area contributed by atoms with Crippen molar-refractivity contribution in [2.45, 2.75) is 31.8 Å². The van der Waals surface area contributed by atoms with Crippen LogP contribution in [0.5, 0.6) is 0 Å². The van der Waals surface area contributed by atoms with Crippen LogP contribution in [0, 0.1) is 6.92 Å². The molecule has 2 unspecified atom stereocenters. The van der Waals surface area contributed by atoms with E-state index in [9.17, 15) is 4.79 Å². The van der Waals surface area contributed by atoms with Gasteiger partial charge in [0, 0.05) is 18.6 Å². The van der Waals surface area contributed by atoms with E-state index in [4.69, 9.17) is 4.52 Å². The van der Waals surface area contributed by atoms with Gasteiger partial charge in [-0.2, -0.15) is 0 Å². The summed E-state index contributed by atoms with van der Waals surface area (Å²) in [4.78, 5) is 14.2. The Labute approximate surface area is 93.8 Å². The molecule has 1 aromatic heterocycles. The number of aromatic nitrogens is 1. The van der Waals surface area contributed by atoms with E-state index >= 15 is 0 Å². The predicted molar refractivity (Wildman–Crippen MR) is 57.1 cm³/mol. The molecule has 5 nitrogen and oxygen atoms in total. The zero-order valence-corrected chi connectivity index (χ0v) is 9.27. The van der Waals surface area contributed by atoms with Gasteiger partial charge in [0.1, 0.15) is 11.8 Å². The van der Waals surface area contributed by atoms with Crippen LogP contribution in [0.1, 0.15) is 28.9 Å². The van der Waals surface area contributed by atoms with Gasteiger partial charge in [-0.3, -0.25) is 4.79 Å². The maximum absolute atomic E-state index is 12.3. The second-order valence-electron chi connectivity index (χ2n) is 4.60. The number of hydrogen-bond acceptors (Lipinski definition) is 4. The summed E-state index contributed by atoms with van der Waals surface area (Å²) >= 11 is 0. The Morgan fingerprint density at radius 1 is 1.69 bits per heavy atom. The number of piperidine rings is 1. The van der Waals surface area contributed by atoms with E-state index < -0.39 is 0 Å². The van der Waals surface area contributed by atoms with Gasteiger partial charge in [0.2, 0.25) is 0 Å². The third kappa shape index (κ3) is 1.43. The maximum atomic E-state index is 12.3. The number of aryl methyl sites for hydroxylation is 1. The molecule has 0 aliphatic carbocycles. The molecule has 5 heteroatoms. The molecule has 2 atom stereocenters. The number of carbonyl (C=O) groups excluding carboxylic acids is 1. The molecule has 1 N–H and O–H groups in total. The van der Waals surface area contributed by atoms with Gasteiger partial charge in [0.15, 0.2) is 0 Å². The lowest BCUT2D eigenvalue weighted by Crippen LogP contribution is -2.36. The third-order valence-corrected chi connectivity index (χ3v) is 3.57. The zero-order chi connectivity index (χ0) is 11.1. The van der Waals surface area contributed by atoms with Crippen molar-refractivity contribution in [3.63, 3.8) is 0 Å². The van der Waals surface area contributed by atoms with E-state index in [0.717, 1.165) is 25.9 Å². The van der Waals surface area contributed by atoms with Crippen LogP contribution >= 0.6 is 0 Å². The summed E-state index contributed by atoms with van der Waals surface area (Å²) in [5.74, 6) is 0.0648. The van der Waals surface area contributed by atoms with Gasteiger partial charge in [0.05, 0.1) is 5.69 Å². The number of likely N-dealkylation sites (tertiary alicyclic amines) is 1. The monoisotopic (exact) mass is 221 g/mol. The summed E-state index contributed by atoms with van der Waals surface area (Å²) in [6, 6.07) is 0.871. The second-order valence-corrected chi connectivity index (χ2v) is 4.60. The topological polar surface area (TPSA) is 58.4 Å². The Morgan fingerprint density at radius 2 is 2.56 bits per heavy atom. The molecular weight excluding hydrogens is 206 g/mol. The highest BCUT2D eigenvalue weighted by atomic mass is 16.5. The number of rotatable bonds is 1. The molecule has 0 saturated carbocycles. The Hall–Kier alpha value is -1.36. The third-order valence-electron chi connectivity index (χ3n) is 3.57. The molecule has 2 aliphatic heterocycles. The highest BCUT2D eigenvalue weighted by Crippen LogP contribution is 2.26. The van der Waals surface area contributed by atoms with Crippen molar-refractivity contribution in [1.29, 1.82) is 0 Å². The van der Waals surface area contributed by atoms with E-state index in [1.54, 1.807) is 6.92 Å². The minimum Gasteiger partial charge on any atom is -0.364 e. The Kier molecular flexibility index (Phi) is 2.21. The van der Waals surface area contributed by atoms with Gasteiger partial charge >= 0.3 is 0 Å². The summed E-state index contributed by atoms with van der Waals surface area (Å²) in [6.07, 6.45) is 3.58. The van der Waals surface area contributed by atoms with Crippen LogP contribution < -0.4 is 5.32 Å². The fourth-order valence-corrected chi connectivity index (χ4v) is 2.69. The van der Waals surface area contributed by atoms with E-state index in [-0.39, 0.29) is 5.91 Å². The van der Waals surface area contributed by atoms with Crippen LogP contribution in [0.4, 0.5) is 0 Å². The maximum Gasteiger partial charge on any atom is 0.259 e. The minimum atomic E-state index is 0.0648. The Balaban J connectivity index is 1.83. The lowest BCUT2D eigenvalue weighted by atomic mass is 10.1. The summed E-state index contributed by atoms with van der Waals surface area (Å²) in [5, 5.41) is 7.18. The summed E-state index contributed by atoms with van der Waals surface area (Å²) in [7, 11) is 0. The van der Waals surface area contributed by atoms with Crippen molar-refractivity contribution < 1.29 is 9.32 Å². The van der Waals surface area contributed by atoms with Crippen LogP contribution in [-0.2, 0) is 0 Å². The highest BCUT2D eigenvalue weighted by Gasteiger charge is 2.38. The number of hydrogen-bond donors (Lipinski definition) is 1. The molecule has 1 amide bonds. The van der Waals surface area contributed by atoms with Crippen LogP contribution in [0.3, 0.4) is 0 Å². The number of amides is 1. The molecule has 2 aliphatic rings. The normalized spacial score (nSPS) is 28.4. The van der Waals surface area contributed by atoms with Crippen molar-refractivity contribution in [3.05, 3.63) is 17.5 Å². The van der Waals surface area contributed by atoms with E-state index in [2.05, 4.69) is 10.5 Å². The average molecular weight is 221 g/mol. The summed E-state index contributed by atoms with van der Waals surface area (Å²) < 4.78 is 4.82. The molecule has 1 aromatic rings. The van der Waals surface area contributed by atoms with Gasteiger partial charge in [-0.15, -0.1) is 0 Å². The van der Waals surface area contributed by atoms with Crippen molar-refractivity contribution in [2.75, 3.05) is 13.1 Å². The SMILES string of the molecule is Cc1nocc1C(=O)N1CC2CC1CCN2. The first kappa shape index (κ1) is 9.84. The fraction of sp³-hybridized carbons (Fsp3) is 0.636. The fourth-order valence-electron chi connectivity index (χ4n) is 2.69. The summed E-state index contributed by atoms with van der Waals surface area (Å²) in [5.41, 5.74) is 1.28. The van der Waals surface area contributed by atoms with Crippen LogP contribution in [0.25, 0.3) is 0 Å². The number of nitrogens with zero attached hydrogens (tertiary/aromatic N) is 2. The van der Waals surface area contributed by atoms with Crippen molar-refractivity contribution in [3.8, 4) is 0 Å². The predicted octanol–water partition coefficient (Wildman–Crippen LogP) is 0.559. The van der Waals surface area contributed by atoms with Crippen LogP contribution in [-0.4, -0.2) is 41.1 Å². The van der Waals surface area contributed by atoms with Gasteiger partial charge in [-0.25, -0.2) is 0 Å².